The highest BCUT2D eigenvalue weighted by molar-refractivity contribution is 5.00. The van der Waals surface area contributed by atoms with Gasteiger partial charge in [-0.1, -0.05) is 15.3 Å². The second kappa shape index (κ2) is 5.62. The number of hydrogen-bond acceptors (Lipinski definition) is 3. The Kier molecular flexibility index (Phi) is 4.12. The second-order valence-corrected chi connectivity index (χ2v) is 3.23. The van der Waals surface area contributed by atoms with E-state index in [4.69, 9.17) is 16.6 Å². The Bertz CT molecular complexity index is 294. The van der Waals surface area contributed by atoms with Gasteiger partial charge >= 0.3 is 0 Å². The van der Waals surface area contributed by atoms with Crippen molar-refractivity contribution in [1.82, 2.24) is 0 Å². The zero-order valence-electron chi connectivity index (χ0n) is 7.88. The average molecular weight is 207 g/mol. The lowest BCUT2D eigenvalue weighted by molar-refractivity contribution is 0.711. The molecule has 0 aromatic heterocycles. The van der Waals surface area contributed by atoms with Crippen LogP contribution < -0.4 is 0 Å². The van der Waals surface area contributed by atoms with Gasteiger partial charge in [0.1, 0.15) is 0 Å². The van der Waals surface area contributed by atoms with E-state index in [-0.39, 0.29) is 17.8 Å². The highest BCUT2D eigenvalue weighted by atomic mass is 15.2. The SMILES string of the molecule is [N-]=[N+]=NCC1C(CN=[N+]=[N-])C1CN=[N+]=[N-]. The molecule has 1 fully saturated rings. The first-order valence-corrected chi connectivity index (χ1v) is 4.37. The maximum atomic E-state index is 8.16. The molecule has 78 valence electrons. The summed E-state index contributed by atoms with van der Waals surface area (Å²) in [6.45, 7) is 1.11. The molecule has 9 heteroatoms. The Hall–Kier alpha value is -2.07. The molecule has 0 saturated heterocycles. The van der Waals surface area contributed by atoms with Crippen LogP contribution in [-0.2, 0) is 0 Å². The number of hydrogen-bond donors (Lipinski definition) is 0. The van der Waals surface area contributed by atoms with Crippen LogP contribution in [0.3, 0.4) is 0 Å². The summed E-state index contributed by atoms with van der Waals surface area (Å²) in [7, 11) is 0. The maximum absolute atomic E-state index is 8.16. The summed E-state index contributed by atoms with van der Waals surface area (Å²) in [5, 5.41) is 10.4. The van der Waals surface area contributed by atoms with E-state index >= 15 is 0 Å². The minimum atomic E-state index is 0.178. The lowest BCUT2D eigenvalue weighted by Gasteiger charge is -1.86. The first kappa shape index (κ1) is 11.0. The van der Waals surface area contributed by atoms with Crippen LogP contribution in [0.25, 0.3) is 31.3 Å². The molecule has 0 heterocycles. The molecule has 9 nitrogen and oxygen atoms in total. The van der Waals surface area contributed by atoms with Crippen LogP contribution in [-0.4, -0.2) is 19.6 Å². The van der Waals surface area contributed by atoms with Crippen molar-refractivity contribution in [3.63, 3.8) is 0 Å². The van der Waals surface area contributed by atoms with Crippen molar-refractivity contribution in [2.45, 2.75) is 0 Å². The normalized spacial score (nSPS) is 26.8. The second-order valence-electron chi connectivity index (χ2n) is 3.23. The van der Waals surface area contributed by atoms with E-state index in [2.05, 4.69) is 30.1 Å². The third-order valence-corrected chi connectivity index (χ3v) is 2.58. The van der Waals surface area contributed by atoms with Gasteiger partial charge in [-0.3, -0.25) is 0 Å². The van der Waals surface area contributed by atoms with Crippen LogP contribution >= 0.6 is 0 Å². The molecule has 0 bridgehead atoms. The van der Waals surface area contributed by atoms with Crippen LogP contribution in [0.1, 0.15) is 0 Å². The lowest BCUT2D eigenvalue weighted by Crippen LogP contribution is -1.88. The topological polar surface area (TPSA) is 146 Å². The standard InChI is InChI=1S/C6H9N9/c7-13-10-1-4-5(2-11-14-8)6(4)3-12-15-9/h4-6H,1-3H2. The van der Waals surface area contributed by atoms with E-state index in [0.717, 1.165) is 0 Å². The predicted molar refractivity (Wildman–Crippen MR) is 52.5 cm³/mol. The molecule has 1 saturated carbocycles. The minimum absolute atomic E-state index is 0.178. The van der Waals surface area contributed by atoms with Gasteiger partial charge in [0.15, 0.2) is 0 Å². The van der Waals surface area contributed by atoms with Crippen LogP contribution in [0.4, 0.5) is 0 Å². The Morgan fingerprint density at radius 1 is 0.667 bits per heavy atom. The zero-order valence-corrected chi connectivity index (χ0v) is 7.88. The summed E-state index contributed by atoms with van der Waals surface area (Å²) >= 11 is 0. The number of azide groups is 3. The summed E-state index contributed by atoms with van der Waals surface area (Å²) in [5.41, 5.74) is 24.5. The van der Waals surface area contributed by atoms with E-state index < -0.39 is 0 Å². The highest BCUT2D eigenvalue weighted by Crippen LogP contribution is 2.47. The van der Waals surface area contributed by atoms with Gasteiger partial charge in [-0.25, -0.2) is 0 Å². The third kappa shape index (κ3) is 2.96. The monoisotopic (exact) mass is 207 g/mol. The molecular formula is C6H9N9. The van der Waals surface area contributed by atoms with Gasteiger partial charge in [-0.2, -0.15) is 0 Å². The molecule has 0 unspecified atom stereocenters. The van der Waals surface area contributed by atoms with Crippen LogP contribution in [0.15, 0.2) is 15.3 Å². The number of rotatable bonds is 6. The maximum Gasteiger partial charge on any atom is 0.0291 e. The summed E-state index contributed by atoms with van der Waals surface area (Å²) < 4.78 is 0. The fourth-order valence-electron chi connectivity index (χ4n) is 1.73. The van der Waals surface area contributed by atoms with E-state index in [1.807, 2.05) is 0 Å². The van der Waals surface area contributed by atoms with Crippen molar-refractivity contribution in [2.24, 2.45) is 33.1 Å². The van der Waals surface area contributed by atoms with Crippen LogP contribution in [0.5, 0.6) is 0 Å². The molecule has 0 aromatic rings. The Labute approximate surface area is 85.0 Å². The number of nitrogens with zero attached hydrogens (tertiary/aromatic N) is 9. The van der Waals surface area contributed by atoms with Crippen molar-refractivity contribution < 1.29 is 0 Å². The van der Waals surface area contributed by atoms with Gasteiger partial charge in [-0.15, -0.1) is 0 Å². The van der Waals surface area contributed by atoms with Crippen molar-refractivity contribution in [2.75, 3.05) is 19.6 Å². The molecule has 0 amide bonds. The Morgan fingerprint density at radius 3 is 1.13 bits per heavy atom. The van der Waals surface area contributed by atoms with Gasteiger partial charge in [0.05, 0.1) is 0 Å². The van der Waals surface area contributed by atoms with Crippen molar-refractivity contribution >= 4 is 0 Å². The largest absolute Gasteiger partial charge is 0.0937 e. The van der Waals surface area contributed by atoms with Crippen molar-refractivity contribution in [3.8, 4) is 0 Å². The van der Waals surface area contributed by atoms with Gasteiger partial charge in [0.25, 0.3) is 0 Å². The summed E-state index contributed by atoms with van der Waals surface area (Å²) in [6, 6.07) is 0. The lowest BCUT2D eigenvalue weighted by atomic mass is 10.3. The molecule has 1 aliphatic rings. The van der Waals surface area contributed by atoms with Gasteiger partial charge in [0, 0.05) is 34.4 Å². The average Bonchev–Trinajstić information content (AvgIpc) is 2.93. The predicted octanol–water partition coefficient (Wildman–Crippen LogP) is 2.78. The molecule has 0 N–H and O–H groups in total. The van der Waals surface area contributed by atoms with Crippen molar-refractivity contribution in [3.05, 3.63) is 31.3 Å². The third-order valence-electron chi connectivity index (χ3n) is 2.58. The van der Waals surface area contributed by atoms with Crippen molar-refractivity contribution in [1.29, 1.82) is 0 Å². The molecule has 0 spiro atoms. The van der Waals surface area contributed by atoms with Crippen LogP contribution in [0.2, 0.25) is 0 Å². The summed E-state index contributed by atoms with van der Waals surface area (Å²) in [4.78, 5) is 7.99. The smallest absolute Gasteiger partial charge is 0.0291 e. The molecular weight excluding hydrogens is 198 g/mol. The Balaban J connectivity index is 2.48. The molecule has 0 radical (unpaired) electrons. The molecule has 15 heavy (non-hydrogen) atoms. The molecule has 1 rings (SSSR count). The van der Waals surface area contributed by atoms with Gasteiger partial charge in [0.2, 0.25) is 0 Å². The van der Waals surface area contributed by atoms with E-state index in [1.54, 1.807) is 0 Å². The zero-order chi connectivity index (χ0) is 11.1. The Morgan fingerprint density at radius 2 is 0.933 bits per heavy atom. The van der Waals surface area contributed by atoms with E-state index in [0.29, 0.717) is 19.6 Å². The molecule has 0 aliphatic heterocycles. The van der Waals surface area contributed by atoms with Gasteiger partial charge in [-0.05, 0) is 34.3 Å². The van der Waals surface area contributed by atoms with E-state index in [9.17, 15) is 0 Å². The highest BCUT2D eigenvalue weighted by Gasteiger charge is 2.47. The van der Waals surface area contributed by atoms with E-state index in [1.165, 1.54) is 0 Å². The first-order chi connectivity index (χ1) is 7.35. The first-order valence-electron chi connectivity index (χ1n) is 4.37. The fraction of sp³-hybridized carbons (Fsp3) is 1.00. The molecule has 0 aromatic carbocycles. The summed E-state index contributed by atoms with van der Waals surface area (Å²) in [5.74, 6) is 0.533. The minimum Gasteiger partial charge on any atom is -0.0937 e. The quantitative estimate of drug-likeness (QED) is 0.358. The molecule has 0 atom stereocenters. The van der Waals surface area contributed by atoms with Crippen LogP contribution in [0, 0.1) is 17.8 Å². The molecule has 1 aliphatic carbocycles. The van der Waals surface area contributed by atoms with Gasteiger partial charge < -0.3 is 0 Å². The summed E-state index contributed by atoms with van der Waals surface area (Å²) in [6.07, 6.45) is 0. The fourth-order valence-corrected chi connectivity index (χ4v) is 1.73.